The van der Waals surface area contributed by atoms with E-state index in [-0.39, 0.29) is 23.0 Å². The largest absolute Gasteiger partial charge is 0.488 e. The van der Waals surface area contributed by atoms with E-state index in [0.29, 0.717) is 18.9 Å². The highest BCUT2D eigenvalue weighted by Gasteiger charge is 2.36. The zero-order valence-electron chi connectivity index (χ0n) is 17.2. The van der Waals surface area contributed by atoms with Crippen molar-refractivity contribution in [2.24, 2.45) is 5.92 Å². The maximum absolute atomic E-state index is 13.1. The Bertz CT molecular complexity index is 1020. The summed E-state index contributed by atoms with van der Waals surface area (Å²) in [4.78, 5) is 27.3. The van der Waals surface area contributed by atoms with Crippen LogP contribution < -0.4 is 10.3 Å². The molecule has 3 aliphatic rings. The van der Waals surface area contributed by atoms with Crippen LogP contribution in [0.1, 0.15) is 49.4 Å². The van der Waals surface area contributed by atoms with E-state index < -0.39 is 0 Å². The molecule has 0 saturated carbocycles. The molecule has 2 atom stereocenters. The van der Waals surface area contributed by atoms with Crippen LogP contribution in [0.5, 0.6) is 5.75 Å². The number of amides is 1. The molecule has 1 fully saturated rings. The molecule has 0 unspecified atom stereocenters. The molecular formula is C24H28N2O3. The van der Waals surface area contributed by atoms with Crippen molar-refractivity contribution in [2.75, 3.05) is 13.1 Å². The summed E-state index contributed by atoms with van der Waals surface area (Å²) in [6.07, 6.45) is 3.48. The van der Waals surface area contributed by atoms with Crippen LogP contribution in [0, 0.1) is 5.92 Å². The van der Waals surface area contributed by atoms with Crippen molar-refractivity contribution >= 4 is 5.91 Å². The Kier molecular flexibility index (Phi) is 4.30. The molecule has 0 aliphatic carbocycles. The van der Waals surface area contributed by atoms with Crippen LogP contribution in [0.4, 0.5) is 0 Å². The van der Waals surface area contributed by atoms with Gasteiger partial charge in [0.15, 0.2) is 0 Å². The minimum Gasteiger partial charge on any atom is -0.488 e. The third-order valence-corrected chi connectivity index (χ3v) is 6.70. The monoisotopic (exact) mass is 392 g/mol. The highest BCUT2D eigenvalue weighted by atomic mass is 16.5. The molecule has 0 radical (unpaired) electrons. The molecule has 5 heteroatoms. The van der Waals surface area contributed by atoms with Gasteiger partial charge >= 0.3 is 0 Å². The number of ether oxygens (including phenoxy) is 1. The number of hydrogen-bond acceptors (Lipinski definition) is 3. The van der Waals surface area contributed by atoms with Crippen molar-refractivity contribution < 1.29 is 9.53 Å². The van der Waals surface area contributed by atoms with Crippen molar-refractivity contribution in [3.05, 3.63) is 63.6 Å². The van der Waals surface area contributed by atoms with Gasteiger partial charge in [-0.1, -0.05) is 18.2 Å². The number of rotatable bonds is 2. The summed E-state index contributed by atoms with van der Waals surface area (Å²) >= 11 is 0. The van der Waals surface area contributed by atoms with Crippen LogP contribution in [0.25, 0.3) is 0 Å². The molecule has 1 amide bonds. The molecule has 0 N–H and O–H groups in total. The van der Waals surface area contributed by atoms with Crippen molar-refractivity contribution in [3.8, 4) is 5.75 Å². The van der Waals surface area contributed by atoms with Gasteiger partial charge in [-0.2, -0.15) is 0 Å². The van der Waals surface area contributed by atoms with Gasteiger partial charge in [0, 0.05) is 37.3 Å². The average Bonchev–Trinajstić information content (AvgIpc) is 2.68. The van der Waals surface area contributed by atoms with E-state index >= 15 is 0 Å². The standard InChI is InChI=1S/C24H28N2O3/c1-24(2)9-8-18-10-16(6-7-21(18)29-24)12-23(28)25-13-17-11-19(15-25)20-4-3-5-22(27)26(20)14-17/h3-7,10,17,19H,8-9,11-15H2,1-2H3/t17-,19+/m0/s1. The molecule has 29 heavy (non-hydrogen) atoms. The Morgan fingerprint density at radius 2 is 2.03 bits per heavy atom. The van der Waals surface area contributed by atoms with E-state index in [4.69, 9.17) is 4.74 Å². The Labute approximate surface area is 171 Å². The van der Waals surface area contributed by atoms with Gasteiger partial charge in [0.05, 0.1) is 6.42 Å². The molecular weight excluding hydrogens is 364 g/mol. The fourth-order valence-corrected chi connectivity index (χ4v) is 5.21. The zero-order chi connectivity index (χ0) is 20.2. The van der Waals surface area contributed by atoms with Crippen LogP contribution >= 0.6 is 0 Å². The second-order valence-electron chi connectivity index (χ2n) is 9.48. The molecule has 152 valence electrons. The Hall–Kier alpha value is -2.56. The fourth-order valence-electron chi connectivity index (χ4n) is 5.21. The zero-order valence-corrected chi connectivity index (χ0v) is 17.2. The quantitative estimate of drug-likeness (QED) is 0.789. The number of aromatic nitrogens is 1. The predicted octanol–water partition coefficient (Wildman–Crippen LogP) is 3.14. The number of nitrogens with zero attached hydrogens (tertiary/aromatic N) is 2. The van der Waals surface area contributed by atoms with Gasteiger partial charge in [-0.25, -0.2) is 0 Å². The van der Waals surface area contributed by atoms with Crippen LogP contribution in [0.15, 0.2) is 41.2 Å². The van der Waals surface area contributed by atoms with Gasteiger partial charge < -0.3 is 14.2 Å². The lowest BCUT2D eigenvalue weighted by Gasteiger charge is -2.42. The van der Waals surface area contributed by atoms with Crippen molar-refractivity contribution in [2.45, 2.75) is 57.6 Å². The first kappa shape index (κ1) is 18.5. The van der Waals surface area contributed by atoms with Gasteiger partial charge in [0.25, 0.3) is 5.56 Å². The first-order valence-electron chi connectivity index (χ1n) is 10.7. The Morgan fingerprint density at radius 1 is 1.17 bits per heavy atom. The number of hydrogen-bond donors (Lipinski definition) is 0. The minimum absolute atomic E-state index is 0.0800. The number of likely N-dealkylation sites (tertiary alicyclic amines) is 1. The number of benzene rings is 1. The lowest BCUT2D eigenvalue weighted by atomic mass is 9.83. The highest BCUT2D eigenvalue weighted by molar-refractivity contribution is 5.79. The lowest BCUT2D eigenvalue weighted by molar-refractivity contribution is -0.133. The number of carbonyl (C=O) groups excluding carboxylic acids is 1. The summed E-state index contributed by atoms with van der Waals surface area (Å²) in [5.74, 6) is 1.76. The first-order valence-corrected chi connectivity index (χ1v) is 10.7. The Morgan fingerprint density at radius 3 is 2.90 bits per heavy atom. The van der Waals surface area contributed by atoms with Crippen molar-refractivity contribution in [1.82, 2.24) is 9.47 Å². The summed E-state index contributed by atoms with van der Waals surface area (Å²) < 4.78 is 7.97. The summed E-state index contributed by atoms with van der Waals surface area (Å²) in [6.45, 7) is 6.42. The third kappa shape index (κ3) is 3.47. The third-order valence-electron chi connectivity index (χ3n) is 6.70. The van der Waals surface area contributed by atoms with E-state index in [2.05, 4.69) is 19.9 Å². The smallest absolute Gasteiger partial charge is 0.250 e. The Balaban J connectivity index is 1.31. The van der Waals surface area contributed by atoms with E-state index in [1.807, 2.05) is 33.7 Å². The lowest BCUT2D eigenvalue weighted by Crippen LogP contribution is -2.49. The SMILES string of the molecule is CC1(C)CCc2cc(CC(=O)N3C[C@@H]4C[C@H](C3)c3cccc(=O)n3C4)ccc2O1. The number of pyridine rings is 1. The number of piperidine rings is 1. The van der Waals surface area contributed by atoms with Gasteiger partial charge in [0.2, 0.25) is 5.91 Å². The van der Waals surface area contributed by atoms with Crippen LogP contribution in [0.3, 0.4) is 0 Å². The molecule has 4 heterocycles. The highest BCUT2D eigenvalue weighted by Crippen LogP contribution is 2.36. The number of carbonyl (C=O) groups is 1. The summed E-state index contributed by atoms with van der Waals surface area (Å²) in [7, 11) is 0. The predicted molar refractivity (Wildman–Crippen MR) is 111 cm³/mol. The molecule has 1 saturated heterocycles. The first-order chi connectivity index (χ1) is 13.9. The van der Waals surface area contributed by atoms with Crippen LogP contribution in [0.2, 0.25) is 0 Å². The van der Waals surface area contributed by atoms with Gasteiger partial charge in [0.1, 0.15) is 11.4 Å². The van der Waals surface area contributed by atoms with E-state index in [9.17, 15) is 9.59 Å². The molecule has 5 rings (SSSR count). The molecule has 2 aromatic rings. The summed E-state index contributed by atoms with van der Waals surface area (Å²) in [5.41, 5.74) is 3.31. The molecule has 1 aromatic carbocycles. The van der Waals surface area contributed by atoms with E-state index in [1.165, 1.54) is 5.56 Å². The number of aryl methyl sites for hydroxylation is 1. The van der Waals surface area contributed by atoms with Gasteiger partial charge in [-0.3, -0.25) is 9.59 Å². The molecule has 5 nitrogen and oxygen atoms in total. The summed E-state index contributed by atoms with van der Waals surface area (Å²) in [5, 5.41) is 0. The van der Waals surface area contributed by atoms with Crippen LogP contribution in [-0.2, 0) is 24.2 Å². The minimum atomic E-state index is -0.117. The maximum Gasteiger partial charge on any atom is 0.250 e. The fraction of sp³-hybridized carbons (Fsp3) is 0.500. The topological polar surface area (TPSA) is 51.5 Å². The van der Waals surface area contributed by atoms with Crippen molar-refractivity contribution in [1.29, 1.82) is 0 Å². The second kappa shape index (κ2) is 6.75. The second-order valence-corrected chi connectivity index (χ2v) is 9.48. The molecule has 2 bridgehead atoms. The van der Waals surface area contributed by atoms with E-state index in [1.54, 1.807) is 6.07 Å². The van der Waals surface area contributed by atoms with Crippen LogP contribution in [-0.4, -0.2) is 34.1 Å². The van der Waals surface area contributed by atoms with Gasteiger partial charge in [-0.15, -0.1) is 0 Å². The van der Waals surface area contributed by atoms with Gasteiger partial charge in [-0.05, 0) is 62.3 Å². The molecule has 1 aromatic heterocycles. The average molecular weight is 392 g/mol. The van der Waals surface area contributed by atoms with E-state index in [0.717, 1.165) is 49.4 Å². The maximum atomic E-state index is 13.1. The molecule has 0 spiro atoms. The summed E-state index contributed by atoms with van der Waals surface area (Å²) in [6, 6.07) is 11.7. The van der Waals surface area contributed by atoms with Crippen molar-refractivity contribution in [3.63, 3.8) is 0 Å². The normalized spacial score (nSPS) is 24.3. The molecule has 3 aliphatic heterocycles. The number of fused-ring (bicyclic) bond motifs is 5.